The Kier molecular flexibility index (Phi) is 7.30. The molecule has 0 radical (unpaired) electrons. The normalized spacial score (nSPS) is 22.8. The van der Waals surface area contributed by atoms with E-state index in [4.69, 9.17) is 5.73 Å². The first-order chi connectivity index (χ1) is 8.79. The van der Waals surface area contributed by atoms with E-state index in [9.17, 15) is 0 Å². The van der Waals surface area contributed by atoms with Crippen molar-refractivity contribution in [1.82, 2.24) is 0 Å². The van der Waals surface area contributed by atoms with Crippen LogP contribution >= 0.6 is 12.4 Å². The summed E-state index contributed by atoms with van der Waals surface area (Å²) in [5, 5.41) is 0. The van der Waals surface area contributed by atoms with Gasteiger partial charge in [-0.1, -0.05) is 63.6 Å². The summed E-state index contributed by atoms with van der Waals surface area (Å²) in [4.78, 5) is 0. The molecule has 0 aliphatic heterocycles. The third-order valence-electron chi connectivity index (χ3n) is 4.54. The molecule has 0 heterocycles. The predicted molar refractivity (Wildman–Crippen MR) is 86.8 cm³/mol. The average molecular weight is 282 g/mol. The Balaban J connectivity index is 0.00000180. The van der Waals surface area contributed by atoms with Gasteiger partial charge in [-0.2, -0.15) is 0 Å². The fourth-order valence-electron chi connectivity index (χ4n) is 3.34. The van der Waals surface area contributed by atoms with Crippen LogP contribution in [-0.2, 0) is 6.42 Å². The number of aryl methyl sites for hydroxylation is 1. The van der Waals surface area contributed by atoms with Gasteiger partial charge in [0.15, 0.2) is 0 Å². The lowest BCUT2D eigenvalue weighted by molar-refractivity contribution is 0.252. The van der Waals surface area contributed by atoms with E-state index in [1.54, 1.807) is 0 Å². The zero-order valence-corrected chi connectivity index (χ0v) is 12.9. The molecule has 0 amide bonds. The van der Waals surface area contributed by atoms with Crippen molar-refractivity contribution < 1.29 is 0 Å². The van der Waals surface area contributed by atoms with Crippen molar-refractivity contribution in [2.24, 2.45) is 11.8 Å². The lowest BCUT2D eigenvalue weighted by Gasteiger charge is -2.28. The lowest BCUT2D eigenvalue weighted by atomic mass is 9.78. The number of benzene rings is 1. The highest BCUT2D eigenvalue weighted by atomic mass is 35.5. The van der Waals surface area contributed by atoms with E-state index in [0.29, 0.717) is 0 Å². The van der Waals surface area contributed by atoms with Crippen LogP contribution in [0, 0.1) is 11.8 Å². The highest BCUT2D eigenvalue weighted by molar-refractivity contribution is 5.85. The van der Waals surface area contributed by atoms with Gasteiger partial charge >= 0.3 is 0 Å². The molecular weight excluding hydrogens is 254 g/mol. The Morgan fingerprint density at radius 3 is 2.16 bits per heavy atom. The van der Waals surface area contributed by atoms with E-state index >= 15 is 0 Å². The van der Waals surface area contributed by atoms with Crippen molar-refractivity contribution in [3.63, 3.8) is 0 Å². The summed E-state index contributed by atoms with van der Waals surface area (Å²) >= 11 is 0. The van der Waals surface area contributed by atoms with Crippen LogP contribution in [0.4, 0.5) is 5.69 Å². The molecule has 1 aromatic carbocycles. The monoisotopic (exact) mass is 281 g/mol. The third-order valence-corrected chi connectivity index (χ3v) is 4.54. The Morgan fingerprint density at radius 2 is 1.58 bits per heavy atom. The van der Waals surface area contributed by atoms with Gasteiger partial charge in [-0.15, -0.1) is 12.4 Å². The number of anilines is 1. The first-order valence-corrected chi connectivity index (χ1v) is 7.63. The van der Waals surface area contributed by atoms with Gasteiger partial charge in [0.25, 0.3) is 0 Å². The summed E-state index contributed by atoms with van der Waals surface area (Å²) in [7, 11) is 0. The second kappa shape index (κ2) is 8.47. The Morgan fingerprint density at radius 1 is 1.00 bits per heavy atom. The molecule has 0 saturated heterocycles. The van der Waals surface area contributed by atoms with Gasteiger partial charge in [0.2, 0.25) is 0 Å². The summed E-state index contributed by atoms with van der Waals surface area (Å²) in [5.74, 6) is 1.96. The van der Waals surface area contributed by atoms with Crippen LogP contribution in [0.2, 0.25) is 0 Å². The van der Waals surface area contributed by atoms with Gasteiger partial charge in [0.05, 0.1) is 0 Å². The van der Waals surface area contributed by atoms with E-state index < -0.39 is 0 Å². The van der Waals surface area contributed by atoms with Crippen LogP contribution in [0.5, 0.6) is 0 Å². The molecular formula is C17H28ClN. The maximum atomic E-state index is 6.00. The topological polar surface area (TPSA) is 26.0 Å². The van der Waals surface area contributed by atoms with Gasteiger partial charge in [-0.05, 0) is 36.3 Å². The molecule has 19 heavy (non-hydrogen) atoms. The average Bonchev–Trinajstić information content (AvgIpc) is 2.40. The second-order valence-corrected chi connectivity index (χ2v) is 5.91. The van der Waals surface area contributed by atoms with Gasteiger partial charge < -0.3 is 5.73 Å². The van der Waals surface area contributed by atoms with Crippen LogP contribution in [0.1, 0.15) is 57.4 Å². The Labute approximate surface area is 124 Å². The smallest absolute Gasteiger partial charge is 0.0346 e. The largest absolute Gasteiger partial charge is 0.399 e. The summed E-state index contributed by atoms with van der Waals surface area (Å²) in [6.45, 7) is 2.31. The van der Waals surface area contributed by atoms with Crippen LogP contribution in [0.25, 0.3) is 0 Å². The highest BCUT2D eigenvalue weighted by Crippen LogP contribution is 2.34. The lowest BCUT2D eigenvalue weighted by Crippen LogP contribution is -2.15. The summed E-state index contributed by atoms with van der Waals surface area (Å²) in [6.07, 6.45) is 11.1. The molecule has 0 bridgehead atoms. The molecule has 2 heteroatoms. The van der Waals surface area contributed by atoms with Crippen molar-refractivity contribution in [3.05, 3.63) is 29.8 Å². The summed E-state index contributed by atoms with van der Waals surface area (Å²) in [5.41, 5.74) is 8.31. The van der Waals surface area contributed by atoms with Crippen molar-refractivity contribution in [2.45, 2.75) is 58.3 Å². The van der Waals surface area contributed by atoms with Crippen LogP contribution < -0.4 is 5.73 Å². The minimum Gasteiger partial charge on any atom is -0.399 e. The molecule has 0 unspecified atom stereocenters. The molecule has 1 aliphatic rings. The molecule has 108 valence electrons. The Bertz CT molecular complexity index is 356. The van der Waals surface area contributed by atoms with E-state index in [1.807, 2.05) is 12.1 Å². The van der Waals surface area contributed by atoms with Crippen molar-refractivity contribution in [2.75, 3.05) is 5.73 Å². The number of rotatable bonds is 5. The number of hydrogen-bond donors (Lipinski definition) is 1. The molecule has 0 atom stereocenters. The standard InChI is InChI=1S/C17H27N.ClH/c1-2-5-14-8-10-15(11-9-14)12-13-16-6-3-4-7-17(16)18;/h3-4,6-7,14-15H,2,5,8-13,18H2,1H3;1H. The fraction of sp³-hybridized carbons (Fsp3) is 0.647. The number of nitrogen functional groups attached to an aromatic ring is 1. The zero-order chi connectivity index (χ0) is 12.8. The zero-order valence-electron chi connectivity index (χ0n) is 12.1. The van der Waals surface area contributed by atoms with E-state index in [2.05, 4.69) is 19.1 Å². The first kappa shape index (κ1) is 16.4. The molecule has 1 fully saturated rings. The number of halogens is 1. The molecule has 0 spiro atoms. The van der Waals surface area contributed by atoms with Crippen molar-refractivity contribution in [3.8, 4) is 0 Å². The number of nitrogens with two attached hydrogens (primary N) is 1. The van der Waals surface area contributed by atoms with Crippen molar-refractivity contribution in [1.29, 1.82) is 0 Å². The minimum absolute atomic E-state index is 0. The maximum absolute atomic E-state index is 6.00. The van der Waals surface area contributed by atoms with Crippen LogP contribution in [0.15, 0.2) is 24.3 Å². The van der Waals surface area contributed by atoms with Gasteiger partial charge in [-0.3, -0.25) is 0 Å². The van der Waals surface area contributed by atoms with E-state index in [0.717, 1.165) is 23.9 Å². The molecule has 1 aromatic rings. The Hall–Kier alpha value is -0.690. The predicted octanol–water partition coefficient (Wildman–Crippen LogP) is 5.23. The SMILES string of the molecule is CCCC1CCC(CCc2ccccc2N)CC1.Cl. The van der Waals surface area contributed by atoms with E-state index in [-0.39, 0.29) is 12.4 Å². The summed E-state index contributed by atoms with van der Waals surface area (Å²) in [6, 6.07) is 8.32. The van der Waals surface area contributed by atoms with Gasteiger partial charge in [-0.25, -0.2) is 0 Å². The second-order valence-electron chi connectivity index (χ2n) is 5.91. The molecule has 2 N–H and O–H groups in total. The highest BCUT2D eigenvalue weighted by Gasteiger charge is 2.20. The maximum Gasteiger partial charge on any atom is 0.0346 e. The molecule has 0 aromatic heterocycles. The minimum atomic E-state index is 0. The van der Waals surface area contributed by atoms with Crippen LogP contribution in [-0.4, -0.2) is 0 Å². The van der Waals surface area contributed by atoms with Gasteiger partial charge in [0, 0.05) is 5.69 Å². The van der Waals surface area contributed by atoms with E-state index in [1.165, 1.54) is 50.5 Å². The quantitative estimate of drug-likeness (QED) is 0.735. The third kappa shape index (κ3) is 5.06. The van der Waals surface area contributed by atoms with Crippen LogP contribution in [0.3, 0.4) is 0 Å². The molecule has 1 nitrogen and oxygen atoms in total. The molecule has 2 rings (SSSR count). The van der Waals surface area contributed by atoms with Gasteiger partial charge in [0.1, 0.15) is 0 Å². The first-order valence-electron chi connectivity index (χ1n) is 7.63. The number of hydrogen-bond acceptors (Lipinski definition) is 1. The fourth-order valence-corrected chi connectivity index (χ4v) is 3.34. The summed E-state index contributed by atoms with van der Waals surface area (Å²) < 4.78 is 0. The number of para-hydroxylation sites is 1. The van der Waals surface area contributed by atoms with Crippen molar-refractivity contribution >= 4 is 18.1 Å². The molecule has 1 aliphatic carbocycles. The molecule has 1 saturated carbocycles.